The standard InChI is InChI=1S/C23H31N3O4/c1-6-26(7-2)23(28)17-9-8-10-19(13-17)24-22(27)16-25(3)15-18-11-12-20(29-4)14-21(18)30-5/h8-14H,6-7,15-16H2,1-5H3,(H,24,27). The highest BCUT2D eigenvalue weighted by Crippen LogP contribution is 2.25. The molecule has 2 aromatic carbocycles. The fourth-order valence-corrected chi connectivity index (χ4v) is 3.20. The Morgan fingerprint density at radius 3 is 2.37 bits per heavy atom. The summed E-state index contributed by atoms with van der Waals surface area (Å²) in [4.78, 5) is 28.7. The van der Waals surface area contributed by atoms with Gasteiger partial charge in [-0.25, -0.2) is 0 Å². The molecular weight excluding hydrogens is 382 g/mol. The summed E-state index contributed by atoms with van der Waals surface area (Å²) in [5.41, 5.74) is 2.13. The van der Waals surface area contributed by atoms with Crippen LogP contribution in [-0.2, 0) is 11.3 Å². The van der Waals surface area contributed by atoms with Crippen molar-refractivity contribution in [3.05, 3.63) is 53.6 Å². The first-order valence-corrected chi connectivity index (χ1v) is 10.00. The number of carbonyl (C=O) groups is 2. The van der Waals surface area contributed by atoms with E-state index < -0.39 is 0 Å². The smallest absolute Gasteiger partial charge is 0.253 e. The van der Waals surface area contributed by atoms with Crippen molar-refractivity contribution in [1.82, 2.24) is 9.80 Å². The van der Waals surface area contributed by atoms with E-state index >= 15 is 0 Å². The molecule has 0 bridgehead atoms. The highest BCUT2D eigenvalue weighted by atomic mass is 16.5. The number of nitrogens with zero attached hydrogens (tertiary/aromatic N) is 2. The van der Waals surface area contributed by atoms with Crippen LogP contribution in [0.4, 0.5) is 5.69 Å². The summed E-state index contributed by atoms with van der Waals surface area (Å²) in [7, 11) is 5.08. The molecule has 0 fully saturated rings. The minimum absolute atomic E-state index is 0.0418. The van der Waals surface area contributed by atoms with Gasteiger partial charge in [-0.2, -0.15) is 0 Å². The van der Waals surface area contributed by atoms with Gasteiger partial charge in [-0.05, 0) is 45.2 Å². The average Bonchev–Trinajstić information content (AvgIpc) is 2.74. The van der Waals surface area contributed by atoms with Gasteiger partial charge in [0, 0.05) is 42.5 Å². The fraction of sp³-hybridized carbons (Fsp3) is 0.391. The van der Waals surface area contributed by atoms with Gasteiger partial charge in [-0.3, -0.25) is 14.5 Å². The van der Waals surface area contributed by atoms with Gasteiger partial charge in [0.25, 0.3) is 5.91 Å². The van der Waals surface area contributed by atoms with Gasteiger partial charge in [-0.15, -0.1) is 0 Å². The van der Waals surface area contributed by atoms with Crippen LogP contribution >= 0.6 is 0 Å². The van der Waals surface area contributed by atoms with E-state index in [0.717, 1.165) is 11.3 Å². The highest BCUT2D eigenvalue weighted by molar-refractivity contribution is 5.97. The molecule has 0 atom stereocenters. The van der Waals surface area contributed by atoms with Crippen LogP contribution in [0.2, 0.25) is 0 Å². The lowest BCUT2D eigenvalue weighted by molar-refractivity contribution is -0.117. The summed E-state index contributed by atoms with van der Waals surface area (Å²) < 4.78 is 10.6. The summed E-state index contributed by atoms with van der Waals surface area (Å²) in [5.74, 6) is 1.23. The van der Waals surface area contributed by atoms with Crippen molar-refractivity contribution < 1.29 is 19.1 Å². The van der Waals surface area contributed by atoms with E-state index in [1.807, 2.05) is 44.0 Å². The zero-order valence-electron chi connectivity index (χ0n) is 18.4. The molecule has 7 nitrogen and oxygen atoms in total. The number of hydrogen-bond donors (Lipinski definition) is 1. The maximum atomic E-state index is 12.5. The zero-order chi connectivity index (χ0) is 22.1. The van der Waals surface area contributed by atoms with E-state index in [1.165, 1.54) is 0 Å². The van der Waals surface area contributed by atoms with Crippen LogP contribution in [0, 0.1) is 0 Å². The molecule has 0 radical (unpaired) electrons. The van der Waals surface area contributed by atoms with E-state index in [4.69, 9.17) is 9.47 Å². The third kappa shape index (κ3) is 6.22. The quantitative estimate of drug-likeness (QED) is 0.647. The topological polar surface area (TPSA) is 71.1 Å². The predicted octanol–water partition coefficient (Wildman–Crippen LogP) is 3.26. The molecule has 0 saturated carbocycles. The zero-order valence-corrected chi connectivity index (χ0v) is 18.4. The number of anilines is 1. The van der Waals surface area contributed by atoms with Crippen LogP contribution in [0.25, 0.3) is 0 Å². The number of methoxy groups -OCH3 is 2. The number of ether oxygens (including phenoxy) is 2. The normalized spacial score (nSPS) is 10.6. The van der Waals surface area contributed by atoms with Crippen molar-refractivity contribution in [2.75, 3.05) is 46.2 Å². The minimum Gasteiger partial charge on any atom is -0.497 e. The van der Waals surface area contributed by atoms with Crippen molar-refractivity contribution in [2.24, 2.45) is 0 Å². The summed E-state index contributed by atoms with van der Waals surface area (Å²) in [6.07, 6.45) is 0. The summed E-state index contributed by atoms with van der Waals surface area (Å²) in [6.45, 7) is 5.92. The number of amides is 2. The summed E-state index contributed by atoms with van der Waals surface area (Å²) in [6, 6.07) is 12.6. The maximum Gasteiger partial charge on any atom is 0.253 e. The van der Waals surface area contributed by atoms with Gasteiger partial charge in [0.1, 0.15) is 11.5 Å². The van der Waals surface area contributed by atoms with Gasteiger partial charge in [0.15, 0.2) is 0 Å². The van der Waals surface area contributed by atoms with Crippen LogP contribution < -0.4 is 14.8 Å². The molecule has 0 aromatic heterocycles. The van der Waals surface area contributed by atoms with Crippen molar-refractivity contribution >= 4 is 17.5 Å². The van der Waals surface area contributed by atoms with Gasteiger partial charge < -0.3 is 19.7 Å². The van der Waals surface area contributed by atoms with Crippen LogP contribution in [0.15, 0.2) is 42.5 Å². The molecule has 2 aromatic rings. The Morgan fingerprint density at radius 1 is 1.00 bits per heavy atom. The summed E-state index contributed by atoms with van der Waals surface area (Å²) >= 11 is 0. The minimum atomic E-state index is -0.155. The van der Waals surface area contributed by atoms with Crippen molar-refractivity contribution in [2.45, 2.75) is 20.4 Å². The Morgan fingerprint density at radius 2 is 1.73 bits per heavy atom. The molecule has 0 aliphatic carbocycles. The molecule has 0 saturated heterocycles. The molecule has 0 aliphatic heterocycles. The van der Waals surface area contributed by atoms with Gasteiger partial charge in [0.2, 0.25) is 5.91 Å². The molecule has 162 valence electrons. The molecule has 0 aliphatic rings. The van der Waals surface area contributed by atoms with Crippen molar-refractivity contribution in [3.63, 3.8) is 0 Å². The average molecular weight is 414 g/mol. The van der Waals surface area contributed by atoms with Gasteiger partial charge >= 0.3 is 0 Å². The maximum absolute atomic E-state index is 12.5. The molecule has 0 unspecified atom stereocenters. The lowest BCUT2D eigenvalue weighted by Gasteiger charge is -2.20. The Labute approximate surface area is 178 Å². The van der Waals surface area contributed by atoms with E-state index in [0.29, 0.717) is 36.6 Å². The number of likely N-dealkylation sites (N-methyl/N-ethyl adjacent to an activating group) is 1. The second-order valence-corrected chi connectivity index (χ2v) is 6.96. The first-order valence-electron chi connectivity index (χ1n) is 10.00. The summed E-state index contributed by atoms with van der Waals surface area (Å²) in [5, 5.41) is 2.87. The van der Waals surface area contributed by atoms with Crippen molar-refractivity contribution in [3.8, 4) is 11.5 Å². The monoisotopic (exact) mass is 413 g/mol. The second kappa shape index (κ2) is 11.2. The Balaban J connectivity index is 1.99. The lowest BCUT2D eigenvalue weighted by atomic mass is 10.1. The van der Waals surface area contributed by atoms with Gasteiger partial charge in [0.05, 0.1) is 20.8 Å². The number of carbonyl (C=O) groups excluding carboxylic acids is 2. The molecule has 0 spiro atoms. The first-order chi connectivity index (χ1) is 14.4. The van der Waals surface area contributed by atoms with Crippen LogP contribution in [0.3, 0.4) is 0 Å². The third-order valence-electron chi connectivity index (χ3n) is 4.79. The Kier molecular flexibility index (Phi) is 8.68. The van der Waals surface area contributed by atoms with E-state index in [9.17, 15) is 9.59 Å². The molecule has 30 heavy (non-hydrogen) atoms. The fourth-order valence-electron chi connectivity index (χ4n) is 3.20. The molecule has 7 heteroatoms. The number of nitrogens with one attached hydrogen (secondary N) is 1. The third-order valence-corrected chi connectivity index (χ3v) is 4.79. The predicted molar refractivity (Wildman–Crippen MR) is 118 cm³/mol. The number of rotatable bonds is 10. The van der Waals surface area contributed by atoms with Crippen molar-refractivity contribution in [1.29, 1.82) is 0 Å². The van der Waals surface area contributed by atoms with Crippen LogP contribution in [-0.4, -0.2) is 62.5 Å². The lowest BCUT2D eigenvalue weighted by Crippen LogP contribution is -2.31. The SMILES string of the molecule is CCN(CC)C(=O)c1cccc(NC(=O)CN(C)Cc2ccc(OC)cc2OC)c1. The molecular formula is C23H31N3O4. The first kappa shape index (κ1) is 23.2. The Bertz CT molecular complexity index is 865. The molecule has 1 N–H and O–H groups in total. The highest BCUT2D eigenvalue weighted by Gasteiger charge is 2.14. The van der Waals surface area contributed by atoms with E-state index in [-0.39, 0.29) is 18.4 Å². The number of hydrogen-bond acceptors (Lipinski definition) is 5. The molecule has 2 rings (SSSR count). The molecule has 2 amide bonds. The van der Waals surface area contributed by atoms with Crippen LogP contribution in [0.5, 0.6) is 11.5 Å². The number of benzene rings is 2. The van der Waals surface area contributed by atoms with Gasteiger partial charge in [-0.1, -0.05) is 12.1 Å². The van der Waals surface area contributed by atoms with E-state index in [1.54, 1.807) is 43.4 Å². The molecule has 0 heterocycles. The van der Waals surface area contributed by atoms with E-state index in [2.05, 4.69) is 5.32 Å². The largest absolute Gasteiger partial charge is 0.497 e. The van der Waals surface area contributed by atoms with Crippen LogP contribution in [0.1, 0.15) is 29.8 Å². The Hall–Kier alpha value is -3.06. The second-order valence-electron chi connectivity index (χ2n) is 6.96.